The Hall–Kier alpha value is -0.780. The van der Waals surface area contributed by atoms with E-state index in [4.69, 9.17) is 16.3 Å². The zero-order valence-corrected chi connectivity index (χ0v) is 15.5. The van der Waals surface area contributed by atoms with Crippen LogP contribution in [0.4, 0.5) is 4.79 Å². The molecule has 1 saturated heterocycles. The molecule has 1 fully saturated rings. The van der Waals surface area contributed by atoms with Crippen LogP contribution >= 0.6 is 27.5 Å². The van der Waals surface area contributed by atoms with E-state index in [1.165, 1.54) is 0 Å². The fraction of sp³-hybridized carbons (Fsp3) is 0.562. The molecule has 0 unspecified atom stereocenters. The van der Waals surface area contributed by atoms with Crippen molar-refractivity contribution < 1.29 is 9.53 Å². The van der Waals surface area contributed by atoms with Crippen LogP contribution in [0, 0.1) is 0 Å². The maximum absolute atomic E-state index is 11.8. The predicted octanol–water partition coefficient (Wildman–Crippen LogP) is 4.20. The molecule has 2 rings (SSSR count). The summed E-state index contributed by atoms with van der Waals surface area (Å²) < 4.78 is 6.24. The van der Waals surface area contributed by atoms with Gasteiger partial charge in [-0.25, -0.2) is 4.79 Å². The van der Waals surface area contributed by atoms with Gasteiger partial charge in [0.25, 0.3) is 0 Å². The van der Waals surface area contributed by atoms with E-state index < -0.39 is 5.60 Å². The van der Waals surface area contributed by atoms with E-state index in [9.17, 15) is 4.79 Å². The molecule has 0 aromatic heterocycles. The maximum atomic E-state index is 11.8. The Morgan fingerprint density at radius 1 is 1.50 bits per heavy atom. The molecule has 122 valence electrons. The number of hydrogen-bond acceptors (Lipinski definition) is 3. The number of benzene rings is 1. The standard InChI is InChI=1S/C16H22BrClN2O2/c1-16(2,3)22-15(21)19-12-7-8-20(10-12)9-11-5-4-6-13(18)14(11)17/h4-6,12H,7-10H2,1-3H3,(H,19,21)/t12-/m0/s1. The van der Waals surface area contributed by atoms with Crippen molar-refractivity contribution in [1.82, 2.24) is 10.2 Å². The van der Waals surface area contributed by atoms with E-state index in [1.54, 1.807) is 0 Å². The van der Waals surface area contributed by atoms with Crippen LogP contribution in [0.5, 0.6) is 0 Å². The lowest BCUT2D eigenvalue weighted by Gasteiger charge is -2.22. The zero-order chi connectivity index (χ0) is 16.3. The van der Waals surface area contributed by atoms with Gasteiger partial charge in [0.1, 0.15) is 5.60 Å². The predicted molar refractivity (Wildman–Crippen MR) is 92.2 cm³/mol. The van der Waals surface area contributed by atoms with Crippen LogP contribution in [0.15, 0.2) is 22.7 Å². The van der Waals surface area contributed by atoms with Gasteiger partial charge in [-0.3, -0.25) is 4.90 Å². The van der Waals surface area contributed by atoms with Crippen molar-refractivity contribution in [3.63, 3.8) is 0 Å². The van der Waals surface area contributed by atoms with Gasteiger partial charge in [-0.15, -0.1) is 0 Å². The van der Waals surface area contributed by atoms with Gasteiger partial charge in [0.2, 0.25) is 0 Å². The van der Waals surface area contributed by atoms with Crippen molar-refractivity contribution >= 4 is 33.6 Å². The first-order valence-electron chi connectivity index (χ1n) is 7.39. The second-order valence-electron chi connectivity index (χ2n) is 6.58. The lowest BCUT2D eigenvalue weighted by molar-refractivity contribution is 0.0506. The molecular weight excluding hydrogens is 368 g/mol. The highest BCUT2D eigenvalue weighted by Gasteiger charge is 2.26. The van der Waals surface area contributed by atoms with E-state index in [0.717, 1.165) is 41.1 Å². The Labute approximate surface area is 145 Å². The second-order valence-corrected chi connectivity index (χ2v) is 7.78. The molecule has 0 spiro atoms. The van der Waals surface area contributed by atoms with Crippen LogP contribution in [0.1, 0.15) is 32.8 Å². The third-order valence-corrected chi connectivity index (χ3v) is 4.90. The Morgan fingerprint density at radius 3 is 2.91 bits per heavy atom. The van der Waals surface area contributed by atoms with E-state index in [-0.39, 0.29) is 12.1 Å². The second kappa shape index (κ2) is 7.20. The van der Waals surface area contributed by atoms with Crippen molar-refractivity contribution in [2.24, 2.45) is 0 Å². The molecule has 22 heavy (non-hydrogen) atoms. The van der Waals surface area contributed by atoms with Crippen LogP contribution < -0.4 is 5.32 Å². The highest BCUT2D eigenvalue weighted by atomic mass is 79.9. The summed E-state index contributed by atoms with van der Waals surface area (Å²) in [5.41, 5.74) is 0.694. The first-order chi connectivity index (χ1) is 10.2. The minimum Gasteiger partial charge on any atom is -0.444 e. The average molecular weight is 390 g/mol. The molecule has 1 aliphatic heterocycles. The van der Waals surface area contributed by atoms with Crippen LogP contribution in [-0.2, 0) is 11.3 Å². The number of carbonyl (C=O) groups excluding carboxylic acids is 1. The van der Waals surface area contributed by atoms with Crippen molar-refractivity contribution in [3.05, 3.63) is 33.3 Å². The topological polar surface area (TPSA) is 41.6 Å². The number of likely N-dealkylation sites (tertiary alicyclic amines) is 1. The van der Waals surface area contributed by atoms with Gasteiger partial charge in [0.05, 0.1) is 5.02 Å². The van der Waals surface area contributed by atoms with E-state index in [0.29, 0.717) is 0 Å². The Bertz CT molecular complexity index is 545. The van der Waals surface area contributed by atoms with Gasteiger partial charge in [0.15, 0.2) is 0 Å². The fourth-order valence-electron chi connectivity index (χ4n) is 2.48. The van der Waals surface area contributed by atoms with Gasteiger partial charge in [-0.1, -0.05) is 23.7 Å². The SMILES string of the molecule is CC(C)(C)OC(=O)N[C@H]1CCN(Cc2cccc(Cl)c2Br)C1. The molecule has 1 aromatic carbocycles. The summed E-state index contributed by atoms with van der Waals surface area (Å²) in [5.74, 6) is 0. The van der Waals surface area contributed by atoms with Gasteiger partial charge >= 0.3 is 6.09 Å². The summed E-state index contributed by atoms with van der Waals surface area (Å²) in [6.45, 7) is 8.17. The molecule has 1 aliphatic rings. The summed E-state index contributed by atoms with van der Waals surface area (Å²) in [6, 6.07) is 6.01. The number of carbonyl (C=O) groups is 1. The lowest BCUT2D eigenvalue weighted by Crippen LogP contribution is -2.40. The number of rotatable bonds is 3. The lowest BCUT2D eigenvalue weighted by atomic mass is 10.2. The van der Waals surface area contributed by atoms with Crippen LogP contribution in [0.25, 0.3) is 0 Å². The zero-order valence-electron chi connectivity index (χ0n) is 13.2. The number of amides is 1. The van der Waals surface area contributed by atoms with E-state index in [2.05, 4.69) is 32.2 Å². The van der Waals surface area contributed by atoms with Crippen LogP contribution in [-0.4, -0.2) is 35.7 Å². The molecule has 0 aliphatic carbocycles. The number of nitrogens with zero attached hydrogens (tertiary/aromatic N) is 1. The Balaban J connectivity index is 1.85. The average Bonchev–Trinajstić information content (AvgIpc) is 2.80. The van der Waals surface area contributed by atoms with Crippen LogP contribution in [0.3, 0.4) is 0 Å². The molecule has 0 radical (unpaired) electrons. The first kappa shape index (κ1) is 17.6. The molecule has 1 amide bonds. The highest BCUT2D eigenvalue weighted by Crippen LogP contribution is 2.28. The van der Waals surface area contributed by atoms with Crippen molar-refractivity contribution in [2.75, 3.05) is 13.1 Å². The number of halogens is 2. The molecule has 1 N–H and O–H groups in total. The molecule has 0 saturated carbocycles. The Morgan fingerprint density at radius 2 is 2.23 bits per heavy atom. The van der Waals surface area contributed by atoms with E-state index >= 15 is 0 Å². The third kappa shape index (κ3) is 5.14. The maximum Gasteiger partial charge on any atom is 0.407 e. The molecule has 4 nitrogen and oxygen atoms in total. The summed E-state index contributed by atoms with van der Waals surface area (Å²) in [6.07, 6.45) is 0.584. The number of hydrogen-bond donors (Lipinski definition) is 1. The summed E-state index contributed by atoms with van der Waals surface area (Å²) in [7, 11) is 0. The van der Waals surface area contributed by atoms with Gasteiger partial charge in [0, 0.05) is 30.1 Å². The first-order valence-corrected chi connectivity index (χ1v) is 8.56. The molecule has 1 heterocycles. The summed E-state index contributed by atoms with van der Waals surface area (Å²) in [5, 5.41) is 3.66. The normalized spacial score (nSPS) is 19.2. The monoisotopic (exact) mass is 388 g/mol. The molecular formula is C16H22BrClN2O2. The third-order valence-electron chi connectivity index (χ3n) is 3.42. The van der Waals surface area contributed by atoms with Crippen LogP contribution in [0.2, 0.25) is 5.02 Å². The van der Waals surface area contributed by atoms with E-state index in [1.807, 2.05) is 32.9 Å². The largest absolute Gasteiger partial charge is 0.444 e. The molecule has 1 atom stereocenters. The van der Waals surface area contributed by atoms with Crippen molar-refractivity contribution in [1.29, 1.82) is 0 Å². The minimum atomic E-state index is -0.464. The molecule has 0 bridgehead atoms. The molecule has 1 aromatic rings. The number of nitrogens with one attached hydrogen (secondary N) is 1. The number of alkyl carbamates (subject to hydrolysis) is 1. The summed E-state index contributed by atoms with van der Waals surface area (Å²) >= 11 is 9.65. The molecule has 6 heteroatoms. The summed E-state index contributed by atoms with van der Waals surface area (Å²) in [4.78, 5) is 14.1. The minimum absolute atomic E-state index is 0.132. The van der Waals surface area contributed by atoms with Crippen molar-refractivity contribution in [2.45, 2.75) is 45.4 Å². The smallest absolute Gasteiger partial charge is 0.407 e. The van der Waals surface area contributed by atoms with Crippen molar-refractivity contribution in [3.8, 4) is 0 Å². The van der Waals surface area contributed by atoms with Gasteiger partial charge in [-0.05, 0) is 54.8 Å². The fourth-order valence-corrected chi connectivity index (χ4v) is 3.06. The quantitative estimate of drug-likeness (QED) is 0.842. The van der Waals surface area contributed by atoms with Gasteiger partial charge in [-0.2, -0.15) is 0 Å². The van der Waals surface area contributed by atoms with Gasteiger partial charge < -0.3 is 10.1 Å². The number of ether oxygens (including phenoxy) is 1. The Kier molecular flexibility index (Phi) is 5.75. The highest BCUT2D eigenvalue weighted by molar-refractivity contribution is 9.10.